The summed E-state index contributed by atoms with van der Waals surface area (Å²) in [5.41, 5.74) is 3.79. The number of aryl methyl sites for hydroxylation is 1. The molecular weight excluding hydrogens is 395 g/mol. The highest BCUT2D eigenvalue weighted by Crippen LogP contribution is 2.42. The third-order valence-electron chi connectivity index (χ3n) is 5.39. The number of benzene rings is 3. The van der Waals surface area contributed by atoms with Crippen molar-refractivity contribution in [2.45, 2.75) is 32.9 Å². The Balaban J connectivity index is 1.84. The largest absolute Gasteiger partial charge is 0.496 e. The summed E-state index contributed by atoms with van der Waals surface area (Å²) < 4.78 is 25.7. The van der Waals surface area contributed by atoms with Crippen LogP contribution >= 0.6 is 0 Å². The number of fused-ring (bicyclic) bond motifs is 1. The molecule has 0 radical (unpaired) electrons. The summed E-state index contributed by atoms with van der Waals surface area (Å²) in [7, 11) is 1.55. The zero-order valence-corrected chi connectivity index (χ0v) is 18.0. The van der Waals surface area contributed by atoms with Gasteiger partial charge >= 0.3 is 0 Å². The normalized spacial score (nSPS) is 14.3. The van der Waals surface area contributed by atoms with Gasteiger partial charge < -0.3 is 20.1 Å². The van der Waals surface area contributed by atoms with Crippen LogP contribution in [0.15, 0.2) is 54.6 Å². The lowest BCUT2D eigenvalue weighted by molar-refractivity contribution is -0.119. The van der Waals surface area contributed by atoms with Gasteiger partial charge in [0.2, 0.25) is 5.91 Å². The van der Waals surface area contributed by atoms with Crippen LogP contribution in [0, 0.1) is 12.7 Å². The van der Waals surface area contributed by atoms with Crippen molar-refractivity contribution >= 4 is 17.3 Å². The lowest BCUT2D eigenvalue weighted by Gasteiger charge is -2.34. The van der Waals surface area contributed by atoms with Crippen molar-refractivity contribution in [3.8, 4) is 22.6 Å². The van der Waals surface area contributed by atoms with E-state index in [2.05, 4.69) is 10.6 Å². The molecule has 4 rings (SSSR count). The molecule has 160 valence electrons. The highest BCUT2D eigenvalue weighted by Gasteiger charge is 2.34. The zero-order valence-electron chi connectivity index (χ0n) is 18.0. The average molecular weight is 420 g/mol. The first-order chi connectivity index (χ1) is 14.8. The number of methoxy groups -OCH3 is 1. The molecule has 0 saturated heterocycles. The molecule has 31 heavy (non-hydrogen) atoms. The second-order valence-corrected chi connectivity index (χ2v) is 8.17. The number of anilines is 2. The molecule has 6 heteroatoms. The average Bonchev–Trinajstić information content (AvgIpc) is 2.73. The fraction of sp³-hybridized carbons (Fsp3) is 0.240. The minimum absolute atomic E-state index is 0.153. The van der Waals surface area contributed by atoms with E-state index < -0.39 is 5.54 Å². The predicted octanol–water partition coefficient (Wildman–Crippen LogP) is 5.53. The summed E-state index contributed by atoms with van der Waals surface area (Å²) >= 11 is 0. The smallest absolute Gasteiger partial charge is 0.249 e. The van der Waals surface area contributed by atoms with Gasteiger partial charge in [0.1, 0.15) is 29.5 Å². The van der Waals surface area contributed by atoms with Gasteiger partial charge in [-0.05, 0) is 68.3 Å². The topological polar surface area (TPSA) is 59.6 Å². The third kappa shape index (κ3) is 4.06. The number of nitrogens with one attached hydrogen (secondary N) is 2. The summed E-state index contributed by atoms with van der Waals surface area (Å²) in [4.78, 5) is 12.7. The highest BCUT2D eigenvalue weighted by atomic mass is 19.1. The van der Waals surface area contributed by atoms with Crippen LogP contribution in [0.4, 0.5) is 15.8 Å². The SMILES string of the molecule is COc1ccc(F)cc1-c1ccc2c(c1COc1cccc(C)c1)NC(=O)C(C)(C)N2. The number of amides is 1. The quantitative estimate of drug-likeness (QED) is 0.570. The molecule has 3 aromatic carbocycles. The lowest BCUT2D eigenvalue weighted by Crippen LogP contribution is -2.47. The Morgan fingerprint density at radius 1 is 1.03 bits per heavy atom. The van der Waals surface area contributed by atoms with Crippen LogP contribution in [0.2, 0.25) is 0 Å². The maximum Gasteiger partial charge on any atom is 0.249 e. The van der Waals surface area contributed by atoms with E-state index in [0.717, 1.165) is 22.4 Å². The molecule has 1 amide bonds. The van der Waals surface area contributed by atoms with Gasteiger partial charge in [-0.1, -0.05) is 18.2 Å². The number of hydrogen-bond donors (Lipinski definition) is 2. The van der Waals surface area contributed by atoms with E-state index in [1.807, 2.05) is 57.2 Å². The van der Waals surface area contributed by atoms with E-state index in [4.69, 9.17) is 9.47 Å². The number of halogens is 1. The van der Waals surface area contributed by atoms with E-state index in [1.54, 1.807) is 13.2 Å². The van der Waals surface area contributed by atoms with Crippen LogP contribution in [-0.2, 0) is 11.4 Å². The van der Waals surface area contributed by atoms with E-state index in [9.17, 15) is 9.18 Å². The molecule has 0 unspecified atom stereocenters. The molecule has 5 nitrogen and oxygen atoms in total. The van der Waals surface area contributed by atoms with Crippen LogP contribution in [-0.4, -0.2) is 18.6 Å². The molecule has 0 fully saturated rings. The molecule has 1 aliphatic rings. The number of rotatable bonds is 5. The Kier molecular flexibility index (Phi) is 5.31. The van der Waals surface area contributed by atoms with Gasteiger partial charge in [-0.25, -0.2) is 4.39 Å². The van der Waals surface area contributed by atoms with Gasteiger partial charge in [-0.2, -0.15) is 0 Å². The first kappa shape index (κ1) is 20.7. The van der Waals surface area contributed by atoms with Crippen LogP contribution in [0.3, 0.4) is 0 Å². The van der Waals surface area contributed by atoms with Crippen LogP contribution in [0.25, 0.3) is 11.1 Å². The molecule has 3 aromatic rings. The zero-order chi connectivity index (χ0) is 22.2. The fourth-order valence-electron chi connectivity index (χ4n) is 3.71. The molecule has 0 aromatic heterocycles. The van der Waals surface area contributed by atoms with Gasteiger partial charge in [0, 0.05) is 11.1 Å². The van der Waals surface area contributed by atoms with Crippen LogP contribution in [0.1, 0.15) is 25.0 Å². The van der Waals surface area contributed by atoms with Crippen molar-refractivity contribution in [3.63, 3.8) is 0 Å². The van der Waals surface area contributed by atoms with Crippen LogP contribution in [0.5, 0.6) is 11.5 Å². The molecular formula is C25H25FN2O3. The second-order valence-electron chi connectivity index (χ2n) is 8.17. The van der Waals surface area contributed by atoms with Gasteiger partial charge in [0.15, 0.2) is 0 Å². The molecule has 0 bridgehead atoms. The van der Waals surface area contributed by atoms with Crippen molar-refractivity contribution in [2.24, 2.45) is 0 Å². The number of ether oxygens (including phenoxy) is 2. The van der Waals surface area contributed by atoms with Crippen molar-refractivity contribution in [1.29, 1.82) is 0 Å². The fourth-order valence-corrected chi connectivity index (χ4v) is 3.71. The molecule has 2 N–H and O–H groups in total. The van der Waals surface area contributed by atoms with Crippen molar-refractivity contribution in [3.05, 3.63) is 71.5 Å². The lowest BCUT2D eigenvalue weighted by atomic mass is 9.93. The Morgan fingerprint density at radius 3 is 2.58 bits per heavy atom. The third-order valence-corrected chi connectivity index (χ3v) is 5.39. The minimum Gasteiger partial charge on any atom is -0.496 e. The van der Waals surface area contributed by atoms with Crippen molar-refractivity contribution in [2.75, 3.05) is 17.7 Å². The molecule has 0 spiro atoms. The van der Waals surface area contributed by atoms with Gasteiger partial charge in [0.25, 0.3) is 0 Å². The van der Waals surface area contributed by atoms with Gasteiger partial charge in [-0.3, -0.25) is 4.79 Å². The molecule has 0 saturated carbocycles. The van der Waals surface area contributed by atoms with E-state index in [1.165, 1.54) is 12.1 Å². The standard InChI is InChI=1S/C25H25FN2O3/c1-15-6-5-7-17(12-15)31-14-20-18(19-13-16(26)8-11-22(19)30-4)9-10-21-23(20)27-24(29)25(2,3)28-21/h5-13,28H,14H2,1-4H3,(H,27,29). The Labute approximate surface area is 181 Å². The summed E-state index contributed by atoms with van der Waals surface area (Å²) in [5, 5.41) is 6.29. The Hall–Kier alpha value is -3.54. The maximum absolute atomic E-state index is 14.1. The number of carbonyl (C=O) groups is 1. The first-order valence-corrected chi connectivity index (χ1v) is 10.1. The van der Waals surface area contributed by atoms with E-state index in [-0.39, 0.29) is 18.3 Å². The minimum atomic E-state index is -0.750. The Bertz CT molecular complexity index is 1160. The Morgan fingerprint density at radius 2 is 1.84 bits per heavy atom. The summed E-state index contributed by atoms with van der Waals surface area (Å²) in [5.74, 6) is 0.723. The number of hydrogen-bond acceptors (Lipinski definition) is 4. The summed E-state index contributed by atoms with van der Waals surface area (Å²) in [6.45, 7) is 5.81. The predicted molar refractivity (Wildman–Crippen MR) is 120 cm³/mol. The molecule has 1 heterocycles. The molecule has 0 aliphatic carbocycles. The van der Waals surface area contributed by atoms with Gasteiger partial charge in [0.05, 0.1) is 18.5 Å². The van der Waals surface area contributed by atoms with E-state index >= 15 is 0 Å². The molecule has 1 aliphatic heterocycles. The van der Waals surface area contributed by atoms with Crippen molar-refractivity contribution in [1.82, 2.24) is 0 Å². The summed E-state index contributed by atoms with van der Waals surface area (Å²) in [6, 6.07) is 15.9. The summed E-state index contributed by atoms with van der Waals surface area (Å²) in [6.07, 6.45) is 0. The maximum atomic E-state index is 14.1. The highest BCUT2D eigenvalue weighted by molar-refractivity contribution is 6.07. The van der Waals surface area contributed by atoms with Crippen molar-refractivity contribution < 1.29 is 18.7 Å². The van der Waals surface area contributed by atoms with E-state index in [0.29, 0.717) is 22.7 Å². The van der Waals surface area contributed by atoms with Gasteiger partial charge in [-0.15, -0.1) is 0 Å². The first-order valence-electron chi connectivity index (χ1n) is 10.1. The second kappa shape index (κ2) is 7.95. The molecule has 0 atom stereocenters. The number of carbonyl (C=O) groups excluding carboxylic acids is 1. The van der Waals surface area contributed by atoms with Crippen LogP contribution < -0.4 is 20.1 Å². The monoisotopic (exact) mass is 420 g/mol.